The van der Waals surface area contributed by atoms with Gasteiger partial charge in [-0.3, -0.25) is 0 Å². The molecule has 0 aromatic carbocycles. The molecule has 0 saturated carbocycles. The van der Waals surface area contributed by atoms with Gasteiger partial charge in [0.15, 0.2) is 0 Å². The van der Waals surface area contributed by atoms with E-state index in [-0.39, 0.29) is 0 Å². The van der Waals surface area contributed by atoms with Crippen molar-refractivity contribution in [3.05, 3.63) is 23.9 Å². The van der Waals surface area contributed by atoms with Crippen LogP contribution in [-0.2, 0) is 0 Å². The molecule has 1 rings (SSSR count). The first kappa shape index (κ1) is 8.89. The predicted octanol–water partition coefficient (Wildman–Crippen LogP) is 1.64. The van der Waals surface area contributed by atoms with Crippen LogP contribution in [0.5, 0.6) is 0 Å². The summed E-state index contributed by atoms with van der Waals surface area (Å²) >= 11 is 5.45. The zero-order valence-electron chi connectivity index (χ0n) is 6.55. The third kappa shape index (κ3) is 2.81. The van der Waals surface area contributed by atoms with E-state index in [9.17, 15) is 0 Å². The molecule has 1 aromatic rings. The van der Waals surface area contributed by atoms with Crippen LogP contribution in [0.15, 0.2) is 18.2 Å². The first-order valence-electron chi connectivity index (χ1n) is 3.60. The fourth-order valence-corrected chi connectivity index (χ4v) is 0.816. The Morgan fingerprint density at radius 2 is 2.33 bits per heavy atom. The van der Waals surface area contributed by atoms with Crippen LogP contribution in [0.3, 0.4) is 0 Å². The van der Waals surface area contributed by atoms with Gasteiger partial charge in [-0.25, -0.2) is 4.98 Å². The van der Waals surface area contributed by atoms with Crippen molar-refractivity contribution in [3.63, 3.8) is 0 Å². The SMILES string of the molecule is Nc1cccc(C#CCCCl)n1. The number of rotatable bonds is 1. The number of anilines is 1. The molecule has 0 aliphatic rings. The van der Waals surface area contributed by atoms with Gasteiger partial charge in [0.1, 0.15) is 11.5 Å². The minimum absolute atomic E-state index is 0.493. The van der Waals surface area contributed by atoms with Crippen molar-refractivity contribution < 1.29 is 0 Å². The summed E-state index contributed by atoms with van der Waals surface area (Å²) in [7, 11) is 0. The molecule has 3 heteroatoms. The van der Waals surface area contributed by atoms with Crippen LogP contribution in [0.1, 0.15) is 12.1 Å². The van der Waals surface area contributed by atoms with Gasteiger partial charge >= 0.3 is 0 Å². The Morgan fingerprint density at radius 3 is 3.00 bits per heavy atom. The molecule has 0 bridgehead atoms. The number of nitrogens with zero attached hydrogens (tertiary/aromatic N) is 1. The molecule has 12 heavy (non-hydrogen) atoms. The van der Waals surface area contributed by atoms with E-state index < -0.39 is 0 Å². The topological polar surface area (TPSA) is 38.9 Å². The van der Waals surface area contributed by atoms with Crippen LogP contribution in [0.2, 0.25) is 0 Å². The minimum atomic E-state index is 0.493. The van der Waals surface area contributed by atoms with E-state index in [1.54, 1.807) is 6.07 Å². The molecule has 0 aliphatic carbocycles. The van der Waals surface area contributed by atoms with Crippen LogP contribution in [-0.4, -0.2) is 10.9 Å². The van der Waals surface area contributed by atoms with E-state index in [1.807, 2.05) is 12.1 Å². The van der Waals surface area contributed by atoms with Crippen molar-refractivity contribution in [1.29, 1.82) is 0 Å². The highest BCUT2D eigenvalue weighted by Gasteiger charge is 1.87. The molecular formula is C9H9ClN2. The summed E-state index contributed by atoms with van der Waals surface area (Å²) in [5, 5.41) is 0. The zero-order valence-corrected chi connectivity index (χ0v) is 7.30. The number of hydrogen-bond donors (Lipinski definition) is 1. The number of nitrogen functional groups attached to an aromatic ring is 1. The molecule has 0 unspecified atom stereocenters. The van der Waals surface area contributed by atoms with Gasteiger partial charge < -0.3 is 5.73 Å². The van der Waals surface area contributed by atoms with Crippen LogP contribution >= 0.6 is 11.6 Å². The van der Waals surface area contributed by atoms with Gasteiger partial charge in [-0.1, -0.05) is 12.0 Å². The Balaban J connectivity index is 2.71. The number of nitrogens with two attached hydrogens (primary N) is 1. The van der Waals surface area contributed by atoms with Crippen LogP contribution in [0.25, 0.3) is 0 Å². The highest BCUT2D eigenvalue weighted by Crippen LogP contribution is 1.98. The predicted molar refractivity (Wildman–Crippen MR) is 50.9 cm³/mol. The van der Waals surface area contributed by atoms with Crippen molar-refractivity contribution in [3.8, 4) is 11.8 Å². The molecule has 1 heterocycles. The second-order valence-electron chi connectivity index (χ2n) is 2.19. The van der Waals surface area contributed by atoms with E-state index in [0.717, 1.165) is 0 Å². The van der Waals surface area contributed by atoms with Gasteiger partial charge in [0.25, 0.3) is 0 Å². The molecule has 1 aromatic heterocycles. The van der Waals surface area contributed by atoms with E-state index >= 15 is 0 Å². The maximum Gasteiger partial charge on any atom is 0.124 e. The number of halogens is 1. The third-order valence-corrected chi connectivity index (χ3v) is 1.40. The molecule has 2 nitrogen and oxygen atoms in total. The minimum Gasteiger partial charge on any atom is -0.384 e. The molecule has 0 spiro atoms. The number of aromatic nitrogens is 1. The molecule has 0 saturated heterocycles. The molecule has 0 amide bonds. The third-order valence-electron chi connectivity index (χ3n) is 1.21. The summed E-state index contributed by atoms with van der Waals surface area (Å²) in [6, 6.07) is 5.37. The summed E-state index contributed by atoms with van der Waals surface area (Å²) in [6.45, 7) is 0. The van der Waals surface area contributed by atoms with Crippen molar-refractivity contribution in [1.82, 2.24) is 4.98 Å². The molecule has 0 aliphatic heterocycles. The zero-order chi connectivity index (χ0) is 8.81. The van der Waals surface area contributed by atoms with Gasteiger partial charge in [-0.2, -0.15) is 0 Å². The number of alkyl halides is 1. The lowest BCUT2D eigenvalue weighted by Crippen LogP contribution is -1.90. The number of hydrogen-bond acceptors (Lipinski definition) is 2. The molecule has 0 fully saturated rings. The standard InChI is InChI=1S/C9H9ClN2/c10-7-2-1-4-8-5-3-6-9(11)12-8/h3,5-6H,2,7H2,(H2,11,12). The molecule has 62 valence electrons. The van der Waals surface area contributed by atoms with Gasteiger partial charge in [0, 0.05) is 12.3 Å². The van der Waals surface area contributed by atoms with Crippen LogP contribution in [0.4, 0.5) is 5.82 Å². The summed E-state index contributed by atoms with van der Waals surface area (Å²) in [5.41, 5.74) is 6.15. The van der Waals surface area contributed by atoms with Crippen molar-refractivity contribution >= 4 is 17.4 Å². The quantitative estimate of drug-likeness (QED) is 0.527. The number of pyridine rings is 1. The van der Waals surface area contributed by atoms with Crippen LogP contribution < -0.4 is 5.73 Å². The Kier molecular flexibility index (Phi) is 3.43. The van der Waals surface area contributed by atoms with Crippen molar-refractivity contribution in [2.24, 2.45) is 0 Å². The normalized spacial score (nSPS) is 8.75. The summed E-state index contributed by atoms with van der Waals surface area (Å²) in [6.07, 6.45) is 0.679. The lowest BCUT2D eigenvalue weighted by Gasteiger charge is -1.90. The Hall–Kier alpha value is -1.20. The van der Waals surface area contributed by atoms with E-state index in [4.69, 9.17) is 17.3 Å². The van der Waals surface area contributed by atoms with Gasteiger partial charge in [0.2, 0.25) is 0 Å². The van der Waals surface area contributed by atoms with Gasteiger partial charge in [-0.05, 0) is 18.1 Å². The molecular weight excluding hydrogens is 172 g/mol. The first-order chi connectivity index (χ1) is 5.83. The van der Waals surface area contributed by atoms with Crippen molar-refractivity contribution in [2.45, 2.75) is 6.42 Å². The maximum atomic E-state index is 5.46. The monoisotopic (exact) mass is 180 g/mol. The fraction of sp³-hybridized carbons (Fsp3) is 0.222. The Bertz CT molecular complexity index is 312. The molecule has 0 atom stereocenters. The summed E-state index contributed by atoms with van der Waals surface area (Å²) < 4.78 is 0. The Morgan fingerprint density at radius 1 is 1.50 bits per heavy atom. The summed E-state index contributed by atoms with van der Waals surface area (Å²) in [5.74, 6) is 6.78. The van der Waals surface area contributed by atoms with E-state index in [2.05, 4.69) is 16.8 Å². The molecule has 2 N–H and O–H groups in total. The lowest BCUT2D eigenvalue weighted by molar-refractivity contribution is 1.27. The van der Waals surface area contributed by atoms with E-state index in [0.29, 0.717) is 23.8 Å². The van der Waals surface area contributed by atoms with Gasteiger partial charge in [-0.15, -0.1) is 11.6 Å². The van der Waals surface area contributed by atoms with Crippen LogP contribution in [0, 0.1) is 11.8 Å². The fourth-order valence-electron chi connectivity index (χ4n) is 0.721. The average molecular weight is 181 g/mol. The largest absolute Gasteiger partial charge is 0.384 e. The highest BCUT2D eigenvalue weighted by molar-refractivity contribution is 6.18. The van der Waals surface area contributed by atoms with Gasteiger partial charge in [0.05, 0.1) is 0 Å². The second-order valence-corrected chi connectivity index (χ2v) is 2.57. The maximum absolute atomic E-state index is 5.46. The first-order valence-corrected chi connectivity index (χ1v) is 4.14. The highest BCUT2D eigenvalue weighted by atomic mass is 35.5. The summed E-state index contributed by atoms with van der Waals surface area (Å²) in [4.78, 5) is 4.01. The second kappa shape index (κ2) is 4.63. The Labute approximate surface area is 76.8 Å². The smallest absolute Gasteiger partial charge is 0.124 e. The van der Waals surface area contributed by atoms with E-state index in [1.165, 1.54) is 0 Å². The van der Waals surface area contributed by atoms with Crippen molar-refractivity contribution in [2.75, 3.05) is 11.6 Å². The molecule has 0 radical (unpaired) electrons. The average Bonchev–Trinajstić information content (AvgIpc) is 2.05. The lowest BCUT2D eigenvalue weighted by atomic mass is 10.3.